The molecular formula is C19H25N. The van der Waals surface area contributed by atoms with Crippen LogP contribution in [-0.4, -0.2) is 0 Å². The molecule has 1 heteroatoms. The van der Waals surface area contributed by atoms with Crippen LogP contribution in [0.15, 0.2) is 48.5 Å². The van der Waals surface area contributed by atoms with Crippen LogP contribution in [0.2, 0.25) is 0 Å². The number of aryl methyl sites for hydroxylation is 1. The molecule has 0 aliphatic heterocycles. The van der Waals surface area contributed by atoms with Crippen molar-refractivity contribution in [2.24, 2.45) is 5.73 Å². The Balaban J connectivity index is 2.23. The van der Waals surface area contributed by atoms with E-state index in [0.717, 1.165) is 6.42 Å². The highest BCUT2D eigenvalue weighted by Crippen LogP contribution is 2.28. The Bertz CT molecular complexity index is 531. The second-order valence-electron chi connectivity index (χ2n) is 5.33. The molecule has 0 unspecified atom stereocenters. The average Bonchev–Trinajstić information content (AvgIpc) is 2.52. The van der Waals surface area contributed by atoms with Crippen LogP contribution in [0.5, 0.6) is 0 Å². The van der Waals surface area contributed by atoms with Gasteiger partial charge in [0.1, 0.15) is 0 Å². The van der Waals surface area contributed by atoms with Crippen molar-refractivity contribution in [3.8, 4) is 11.1 Å². The number of hydrogen-bond acceptors (Lipinski definition) is 1. The lowest BCUT2D eigenvalue weighted by molar-refractivity contribution is 0.667. The van der Waals surface area contributed by atoms with E-state index in [1.807, 2.05) is 0 Å². The Hall–Kier alpha value is -1.60. The van der Waals surface area contributed by atoms with Gasteiger partial charge < -0.3 is 5.73 Å². The smallest absolute Gasteiger partial charge is 0.0184 e. The van der Waals surface area contributed by atoms with Crippen molar-refractivity contribution in [2.45, 2.75) is 45.6 Å². The molecule has 1 nitrogen and oxygen atoms in total. The zero-order valence-electron chi connectivity index (χ0n) is 12.4. The second kappa shape index (κ2) is 7.86. The van der Waals surface area contributed by atoms with Gasteiger partial charge in [-0.3, -0.25) is 0 Å². The summed E-state index contributed by atoms with van der Waals surface area (Å²) in [4.78, 5) is 0. The summed E-state index contributed by atoms with van der Waals surface area (Å²) in [7, 11) is 0. The molecule has 0 aliphatic carbocycles. The predicted molar refractivity (Wildman–Crippen MR) is 87.6 cm³/mol. The Morgan fingerprint density at radius 3 is 2.00 bits per heavy atom. The number of nitrogens with two attached hydrogens (primary N) is 1. The number of hydrogen-bond donors (Lipinski definition) is 1. The van der Waals surface area contributed by atoms with E-state index in [4.69, 9.17) is 5.73 Å². The van der Waals surface area contributed by atoms with Gasteiger partial charge in [-0.1, -0.05) is 74.7 Å². The van der Waals surface area contributed by atoms with Crippen LogP contribution in [0, 0.1) is 0 Å². The molecule has 0 heterocycles. The fourth-order valence-corrected chi connectivity index (χ4v) is 2.70. The molecule has 2 rings (SSSR count). The maximum atomic E-state index is 5.88. The topological polar surface area (TPSA) is 26.0 Å². The van der Waals surface area contributed by atoms with Crippen LogP contribution < -0.4 is 5.73 Å². The zero-order chi connectivity index (χ0) is 14.2. The number of unbranched alkanes of at least 4 members (excludes halogenated alkanes) is 3. The lowest BCUT2D eigenvalue weighted by Gasteiger charge is -2.13. The third-order valence-corrected chi connectivity index (χ3v) is 3.84. The minimum Gasteiger partial charge on any atom is -0.326 e. The van der Waals surface area contributed by atoms with Gasteiger partial charge in [-0.15, -0.1) is 0 Å². The number of benzene rings is 2. The van der Waals surface area contributed by atoms with Crippen LogP contribution >= 0.6 is 0 Å². The monoisotopic (exact) mass is 267 g/mol. The normalized spacial score (nSPS) is 10.7. The van der Waals surface area contributed by atoms with Crippen molar-refractivity contribution in [1.82, 2.24) is 0 Å². The van der Waals surface area contributed by atoms with E-state index in [9.17, 15) is 0 Å². The molecular weight excluding hydrogens is 242 g/mol. The Labute approximate surface area is 122 Å². The van der Waals surface area contributed by atoms with E-state index in [1.165, 1.54) is 47.9 Å². The SMILES string of the molecule is CCCCCCc1ccccc1-c1ccccc1CN. The van der Waals surface area contributed by atoms with Crippen LogP contribution in [-0.2, 0) is 13.0 Å². The molecule has 0 spiro atoms. The van der Waals surface area contributed by atoms with Gasteiger partial charge in [0.15, 0.2) is 0 Å². The van der Waals surface area contributed by atoms with Gasteiger partial charge in [-0.2, -0.15) is 0 Å². The van der Waals surface area contributed by atoms with Crippen LogP contribution in [0.4, 0.5) is 0 Å². The van der Waals surface area contributed by atoms with E-state index in [-0.39, 0.29) is 0 Å². The summed E-state index contributed by atoms with van der Waals surface area (Å²) in [5.41, 5.74) is 11.2. The van der Waals surface area contributed by atoms with Crippen LogP contribution in [0.25, 0.3) is 11.1 Å². The molecule has 0 atom stereocenters. The first-order valence-electron chi connectivity index (χ1n) is 7.73. The van der Waals surface area contributed by atoms with Crippen LogP contribution in [0.1, 0.15) is 43.7 Å². The van der Waals surface area contributed by atoms with Crippen molar-refractivity contribution in [3.05, 3.63) is 59.7 Å². The van der Waals surface area contributed by atoms with Gasteiger partial charge in [0.25, 0.3) is 0 Å². The molecule has 0 saturated carbocycles. The maximum absolute atomic E-state index is 5.88. The van der Waals surface area contributed by atoms with Gasteiger partial charge in [0.2, 0.25) is 0 Å². The summed E-state index contributed by atoms with van der Waals surface area (Å²) in [6, 6.07) is 17.2. The third-order valence-electron chi connectivity index (χ3n) is 3.84. The van der Waals surface area contributed by atoms with E-state index in [0.29, 0.717) is 6.54 Å². The van der Waals surface area contributed by atoms with Crippen molar-refractivity contribution in [1.29, 1.82) is 0 Å². The fraction of sp³-hybridized carbons (Fsp3) is 0.368. The summed E-state index contributed by atoms with van der Waals surface area (Å²) in [5.74, 6) is 0. The van der Waals surface area contributed by atoms with E-state index >= 15 is 0 Å². The summed E-state index contributed by atoms with van der Waals surface area (Å²) in [6.45, 7) is 2.85. The second-order valence-corrected chi connectivity index (χ2v) is 5.33. The first kappa shape index (κ1) is 14.8. The molecule has 2 aromatic carbocycles. The van der Waals surface area contributed by atoms with Gasteiger partial charge in [-0.05, 0) is 35.1 Å². The van der Waals surface area contributed by atoms with Crippen molar-refractivity contribution in [3.63, 3.8) is 0 Å². The van der Waals surface area contributed by atoms with Gasteiger partial charge in [0.05, 0.1) is 0 Å². The molecule has 2 N–H and O–H groups in total. The predicted octanol–water partition coefficient (Wildman–Crippen LogP) is 4.94. The minimum atomic E-state index is 0.598. The number of rotatable bonds is 7. The fourth-order valence-electron chi connectivity index (χ4n) is 2.70. The van der Waals surface area contributed by atoms with Gasteiger partial charge in [0, 0.05) is 6.54 Å². The molecule has 0 bridgehead atoms. The molecule has 20 heavy (non-hydrogen) atoms. The molecule has 0 aromatic heterocycles. The molecule has 0 fully saturated rings. The maximum Gasteiger partial charge on any atom is 0.0184 e. The van der Waals surface area contributed by atoms with E-state index < -0.39 is 0 Å². The van der Waals surface area contributed by atoms with Crippen molar-refractivity contribution >= 4 is 0 Å². The Morgan fingerprint density at radius 1 is 0.750 bits per heavy atom. The lowest BCUT2D eigenvalue weighted by Crippen LogP contribution is -2.00. The molecule has 106 valence electrons. The largest absolute Gasteiger partial charge is 0.326 e. The summed E-state index contributed by atoms with van der Waals surface area (Å²) < 4.78 is 0. The van der Waals surface area contributed by atoms with Crippen LogP contribution in [0.3, 0.4) is 0 Å². The quantitative estimate of drug-likeness (QED) is 0.707. The van der Waals surface area contributed by atoms with Crippen molar-refractivity contribution < 1.29 is 0 Å². The van der Waals surface area contributed by atoms with Gasteiger partial charge >= 0.3 is 0 Å². The summed E-state index contributed by atoms with van der Waals surface area (Å²) >= 11 is 0. The van der Waals surface area contributed by atoms with Gasteiger partial charge in [-0.25, -0.2) is 0 Å². The van der Waals surface area contributed by atoms with Crippen molar-refractivity contribution in [2.75, 3.05) is 0 Å². The first-order valence-corrected chi connectivity index (χ1v) is 7.73. The lowest BCUT2D eigenvalue weighted by atomic mass is 9.93. The summed E-state index contributed by atoms with van der Waals surface area (Å²) in [5, 5.41) is 0. The van der Waals surface area contributed by atoms with E-state index in [1.54, 1.807) is 0 Å². The highest BCUT2D eigenvalue weighted by atomic mass is 14.5. The summed E-state index contributed by atoms with van der Waals surface area (Å²) in [6.07, 6.45) is 6.38. The highest BCUT2D eigenvalue weighted by Gasteiger charge is 2.07. The third kappa shape index (κ3) is 3.71. The standard InChI is InChI=1S/C19H25N/c1-2-3-4-5-10-16-11-6-8-13-18(16)19-14-9-7-12-17(19)15-20/h6-9,11-14H,2-5,10,15,20H2,1H3. The Morgan fingerprint density at radius 2 is 1.35 bits per heavy atom. The first-order chi connectivity index (χ1) is 9.86. The molecule has 0 amide bonds. The molecule has 0 aliphatic rings. The minimum absolute atomic E-state index is 0.598. The molecule has 2 aromatic rings. The molecule has 0 saturated heterocycles. The zero-order valence-corrected chi connectivity index (χ0v) is 12.4. The highest BCUT2D eigenvalue weighted by molar-refractivity contribution is 5.70. The average molecular weight is 267 g/mol. The van der Waals surface area contributed by atoms with E-state index in [2.05, 4.69) is 55.5 Å². The molecule has 0 radical (unpaired) electrons. The Kier molecular flexibility index (Phi) is 5.82.